The first-order chi connectivity index (χ1) is 10.1. The van der Waals surface area contributed by atoms with E-state index in [1.54, 1.807) is 0 Å². The van der Waals surface area contributed by atoms with Crippen LogP contribution in [0.15, 0.2) is 6.07 Å². The Hall–Kier alpha value is -2.09. The number of esters is 1. The lowest BCUT2D eigenvalue weighted by Crippen LogP contribution is -2.37. The molecule has 1 fully saturated rings. The van der Waals surface area contributed by atoms with Gasteiger partial charge in [-0.15, -0.1) is 0 Å². The second kappa shape index (κ2) is 6.57. The zero-order chi connectivity index (χ0) is 15.4. The van der Waals surface area contributed by atoms with Crippen molar-refractivity contribution in [3.8, 4) is 6.07 Å². The van der Waals surface area contributed by atoms with E-state index in [0.717, 1.165) is 43.0 Å². The van der Waals surface area contributed by atoms with Crippen LogP contribution < -0.4 is 4.90 Å². The van der Waals surface area contributed by atoms with Crippen molar-refractivity contribution in [3.63, 3.8) is 0 Å². The third-order valence-electron chi connectivity index (χ3n) is 3.87. The Labute approximate surface area is 125 Å². The summed E-state index contributed by atoms with van der Waals surface area (Å²) >= 11 is 0. The Bertz CT molecular complexity index is 570. The smallest absolute Gasteiger partial charge is 0.309 e. The highest BCUT2D eigenvalue weighted by Gasteiger charge is 2.27. The van der Waals surface area contributed by atoms with Crippen LogP contribution >= 0.6 is 0 Å². The van der Waals surface area contributed by atoms with Gasteiger partial charge in [-0.1, -0.05) is 0 Å². The SMILES string of the molecule is CCOC(=O)C1CCN(c2cc(C)nc(C)c2C#N)CC1. The highest BCUT2D eigenvalue weighted by atomic mass is 16.5. The standard InChI is InChI=1S/C16H21N3O2/c1-4-21-16(20)13-5-7-19(8-6-13)15-9-11(2)18-12(3)14(15)10-17/h9,13H,4-8H2,1-3H3. The minimum atomic E-state index is -0.0975. The summed E-state index contributed by atoms with van der Waals surface area (Å²) in [6.07, 6.45) is 1.54. The molecule has 5 heteroatoms. The summed E-state index contributed by atoms with van der Waals surface area (Å²) in [4.78, 5) is 18.3. The van der Waals surface area contributed by atoms with Crippen molar-refractivity contribution >= 4 is 11.7 Å². The predicted octanol–water partition coefficient (Wildman–Crippen LogP) is 2.35. The van der Waals surface area contributed by atoms with Gasteiger partial charge in [-0.3, -0.25) is 9.78 Å². The van der Waals surface area contributed by atoms with E-state index in [2.05, 4.69) is 16.0 Å². The maximum atomic E-state index is 11.8. The molecular formula is C16H21N3O2. The molecule has 21 heavy (non-hydrogen) atoms. The van der Waals surface area contributed by atoms with E-state index in [1.165, 1.54) is 0 Å². The van der Waals surface area contributed by atoms with Crippen LogP contribution in [-0.4, -0.2) is 30.6 Å². The first kappa shape index (κ1) is 15.3. The first-order valence-electron chi connectivity index (χ1n) is 7.36. The number of nitrogens with zero attached hydrogens (tertiary/aromatic N) is 3. The van der Waals surface area contributed by atoms with Gasteiger partial charge in [0.2, 0.25) is 0 Å². The van der Waals surface area contributed by atoms with E-state index in [4.69, 9.17) is 4.74 Å². The van der Waals surface area contributed by atoms with Crippen LogP contribution in [0.2, 0.25) is 0 Å². The minimum Gasteiger partial charge on any atom is -0.466 e. The van der Waals surface area contributed by atoms with Gasteiger partial charge in [-0.2, -0.15) is 5.26 Å². The van der Waals surface area contributed by atoms with E-state index in [0.29, 0.717) is 12.2 Å². The molecule has 0 bridgehead atoms. The largest absolute Gasteiger partial charge is 0.466 e. The zero-order valence-corrected chi connectivity index (χ0v) is 12.8. The second-order valence-electron chi connectivity index (χ2n) is 5.37. The summed E-state index contributed by atoms with van der Waals surface area (Å²) in [5.74, 6) is -0.115. The van der Waals surface area contributed by atoms with E-state index in [-0.39, 0.29) is 11.9 Å². The van der Waals surface area contributed by atoms with Gasteiger partial charge in [0.05, 0.1) is 29.5 Å². The fraction of sp³-hybridized carbons (Fsp3) is 0.562. The first-order valence-corrected chi connectivity index (χ1v) is 7.36. The van der Waals surface area contributed by atoms with Crippen LogP contribution in [0.3, 0.4) is 0 Å². The summed E-state index contributed by atoms with van der Waals surface area (Å²) in [6.45, 7) is 7.58. The molecule has 0 radical (unpaired) electrons. The van der Waals surface area contributed by atoms with Gasteiger partial charge in [0.1, 0.15) is 6.07 Å². The lowest BCUT2D eigenvalue weighted by Gasteiger charge is -2.33. The molecule has 0 spiro atoms. The molecule has 0 unspecified atom stereocenters. The van der Waals surface area contributed by atoms with Crippen molar-refractivity contribution in [1.29, 1.82) is 5.26 Å². The molecule has 1 aliphatic heterocycles. The lowest BCUT2D eigenvalue weighted by molar-refractivity contribution is -0.148. The van der Waals surface area contributed by atoms with E-state index in [1.807, 2.05) is 26.8 Å². The molecule has 1 aromatic rings. The van der Waals surface area contributed by atoms with Gasteiger partial charge in [-0.05, 0) is 39.7 Å². The Kier molecular flexibility index (Phi) is 4.79. The molecule has 2 rings (SSSR count). The summed E-state index contributed by atoms with van der Waals surface area (Å²) < 4.78 is 5.09. The lowest BCUT2D eigenvalue weighted by atomic mass is 9.96. The number of hydrogen-bond donors (Lipinski definition) is 0. The average molecular weight is 287 g/mol. The van der Waals surface area contributed by atoms with Gasteiger partial charge in [0.25, 0.3) is 0 Å². The minimum absolute atomic E-state index is 0.0178. The normalized spacial score (nSPS) is 15.6. The average Bonchev–Trinajstić information content (AvgIpc) is 2.47. The molecule has 0 aliphatic carbocycles. The Morgan fingerprint density at radius 1 is 1.48 bits per heavy atom. The molecule has 0 saturated carbocycles. The highest BCUT2D eigenvalue weighted by Crippen LogP contribution is 2.28. The van der Waals surface area contributed by atoms with Gasteiger partial charge in [0, 0.05) is 18.8 Å². The van der Waals surface area contributed by atoms with E-state index in [9.17, 15) is 10.1 Å². The summed E-state index contributed by atoms with van der Waals surface area (Å²) in [6, 6.07) is 4.20. The van der Waals surface area contributed by atoms with Crippen molar-refractivity contribution in [2.45, 2.75) is 33.6 Å². The molecule has 1 aromatic heterocycles. The highest BCUT2D eigenvalue weighted by molar-refractivity contribution is 5.73. The van der Waals surface area contributed by atoms with Crippen molar-refractivity contribution in [2.75, 3.05) is 24.6 Å². The van der Waals surface area contributed by atoms with Gasteiger partial charge in [0.15, 0.2) is 0 Å². The van der Waals surface area contributed by atoms with Gasteiger partial charge in [-0.25, -0.2) is 0 Å². The van der Waals surface area contributed by atoms with Crippen LogP contribution in [0.4, 0.5) is 5.69 Å². The van der Waals surface area contributed by atoms with Crippen molar-refractivity contribution < 1.29 is 9.53 Å². The predicted molar refractivity (Wildman–Crippen MR) is 80.0 cm³/mol. The van der Waals surface area contributed by atoms with Gasteiger partial charge < -0.3 is 9.64 Å². The number of carbonyl (C=O) groups excluding carboxylic acids is 1. The monoisotopic (exact) mass is 287 g/mol. The quantitative estimate of drug-likeness (QED) is 0.798. The molecule has 0 amide bonds. The maximum Gasteiger partial charge on any atom is 0.309 e. The summed E-state index contributed by atoms with van der Waals surface area (Å²) in [5, 5.41) is 9.34. The second-order valence-corrected chi connectivity index (χ2v) is 5.37. The van der Waals surface area contributed by atoms with E-state index < -0.39 is 0 Å². The fourth-order valence-electron chi connectivity index (χ4n) is 2.81. The molecule has 0 N–H and O–H groups in total. The number of anilines is 1. The van der Waals surface area contributed by atoms with Crippen LogP contribution in [0.1, 0.15) is 36.7 Å². The number of carbonyl (C=O) groups is 1. The Morgan fingerprint density at radius 3 is 2.71 bits per heavy atom. The number of hydrogen-bond acceptors (Lipinski definition) is 5. The number of aromatic nitrogens is 1. The summed E-state index contributed by atoms with van der Waals surface area (Å²) in [7, 11) is 0. The Balaban J connectivity index is 2.13. The molecule has 0 aromatic carbocycles. The molecule has 5 nitrogen and oxygen atoms in total. The van der Waals surface area contributed by atoms with Crippen LogP contribution in [-0.2, 0) is 9.53 Å². The number of aryl methyl sites for hydroxylation is 2. The van der Waals surface area contributed by atoms with Crippen molar-refractivity contribution in [2.24, 2.45) is 5.92 Å². The number of pyridine rings is 1. The Morgan fingerprint density at radius 2 is 2.14 bits per heavy atom. The number of piperidine rings is 1. The third kappa shape index (κ3) is 3.33. The van der Waals surface area contributed by atoms with Crippen molar-refractivity contribution in [3.05, 3.63) is 23.0 Å². The summed E-state index contributed by atoms with van der Waals surface area (Å²) in [5.41, 5.74) is 3.24. The maximum absolute atomic E-state index is 11.8. The van der Waals surface area contributed by atoms with Crippen LogP contribution in [0.25, 0.3) is 0 Å². The van der Waals surface area contributed by atoms with E-state index >= 15 is 0 Å². The fourth-order valence-corrected chi connectivity index (χ4v) is 2.81. The number of rotatable bonds is 3. The van der Waals surface area contributed by atoms with Crippen LogP contribution in [0, 0.1) is 31.1 Å². The molecule has 2 heterocycles. The van der Waals surface area contributed by atoms with Crippen molar-refractivity contribution in [1.82, 2.24) is 4.98 Å². The number of nitriles is 1. The van der Waals surface area contributed by atoms with Crippen LogP contribution in [0.5, 0.6) is 0 Å². The molecule has 112 valence electrons. The zero-order valence-electron chi connectivity index (χ0n) is 12.8. The molecule has 0 atom stereocenters. The molecule has 1 aliphatic rings. The number of ether oxygens (including phenoxy) is 1. The molecule has 1 saturated heterocycles. The third-order valence-corrected chi connectivity index (χ3v) is 3.87. The topological polar surface area (TPSA) is 66.2 Å². The van der Waals surface area contributed by atoms with Gasteiger partial charge >= 0.3 is 5.97 Å². The molecular weight excluding hydrogens is 266 g/mol.